The maximum atomic E-state index is 13.4. The lowest BCUT2D eigenvalue weighted by atomic mass is 9.78. The lowest BCUT2D eigenvalue weighted by molar-refractivity contribution is -0.148. The molecule has 0 saturated carbocycles. The fourth-order valence-corrected chi connectivity index (χ4v) is 4.29. The molecule has 3 rings (SSSR count). The van der Waals surface area contributed by atoms with Crippen molar-refractivity contribution in [3.8, 4) is 0 Å². The van der Waals surface area contributed by atoms with Crippen LogP contribution in [0.5, 0.6) is 0 Å². The Morgan fingerprint density at radius 3 is 2.56 bits per heavy atom. The molecular weight excluding hydrogens is 385 g/mol. The topological polar surface area (TPSA) is 44.8 Å². The van der Waals surface area contributed by atoms with E-state index in [9.17, 15) is 4.79 Å². The van der Waals surface area contributed by atoms with Crippen molar-refractivity contribution in [1.82, 2.24) is 10.2 Å². The average Bonchev–Trinajstić information content (AvgIpc) is 2.68. The zero-order valence-electron chi connectivity index (χ0n) is 16.4. The van der Waals surface area contributed by atoms with Gasteiger partial charge in [-0.2, -0.15) is 0 Å². The van der Waals surface area contributed by atoms with E-state index in [-0.39, 0.29) is 42.2 Å². The summed E-state index contributed by atoms with van der Waals surface area (Å²) in [7, 11) is 3.69. The standard InChI is InChI=1S/C20H31N3O2.2ClH/c1-22(19(24)20(16-25-2)10-12-21-13-11-20)18-9-6-14-23(15-18)17-7-4-3-5-8-17;;/h3-5,7-8,18,21H,6,9-16H2,1-2H3;2*1H. The summed E-state index contributed by atoms with van der Waals surface area (Å²) in [6.07, 6.45) is 3.92. The van der Waals surface area contributed by atoms with Crippen LogP contribution in [0.15, 0.2) is 30.3 Å². The van der Waals surface area contributed by atoms with Crippen molar-refractivity contribution in [3.05, 3.63) is 30.3 Å². The summed E-state index contributed by atoms with van der Waals surface area (Å²) in [5.41, 5.74) is 0.894. The Kier molecular flexibility index (Phi) is 9.88. The van der Waals surface area contributed by atoms with Gasteiger partial charge >= 0.3 is 0 Å². The van der Waals surface area contributed by atoms with Crippen LogP contribution in [-0.4, -0.2) is 63.8 Å². The number of para-hydroxylation sites is 1. The van der Waals surface area contributed by atoms with Crippen LogP contribution in [0.25, 0.3) is 0 Å². The van der Waals surface area contributed by atoms with Crippen LogP contribution < -0.4 is 10.2 Å². The van der Waals surface area contributed by atoms with Gasteiger partial charge in [0.1, 0.15) is 0 Å². The van der Waals surface area contributed by atoms with E-state index in [1.54, 1.807) is 7.11 Å². The monoisotopic (exact) mass is 417 g/mol. The highest BCUT2D eigenvalue weighted by molar-refractivity contribution is 5.85. The van der Waals surface area contributed by atoms with Gasteiger partial charge in [-0.1, -0.05) is 18.2 Å². The van der Waals surface area contributed by atoms with E-state index in [0.29, 0.717) is 6.61 Å². The third-order valence-electron chi connectivity index (χ3n) is 5.82. The van der Waals surface area contributed by atoms with Crippen molar-refractivity contribution < 1.29 is 9.53 Å². The fourth-order valence-electron chi connectivity index (χ4n) is 4.29. The number of hydrogen-bond donors (Lipinski definition) is 1. The van der Waals surface area contributed by atoms with Crippen LogP contribution in [0.2, 0.25) is 0 Å². The number of nitrogens with zero attached hydrogens (tertiary/aromatic N) is 2. The maximum absolute atomic E-state index is 13.4. The van der Waals surface area contributed by atoms with Gasteiger partial charge in [0, 0.05) is 39.0 Å². The van der Waals surface area contributed by atoms with Gasteiger partial charge in [0.15, 0.2) is 0 Å². The Labute approximate surface area is 175 Å². The Balaban J connectivity index is 0.00000182. The summed E-state index contributed by atoms with van der Waals surface area (Å²) < 4.78 is 5.45. The van der Waals surface area contributed by atoms with Crippen LogP contribution in [0.3, 0.4) is 0 Å². The van der Waals surface area contributed by atoms with E-state index < -0.39 is 0 Å². The lowest BCUT2D eigenvalue weighted by Gasteiger charge is -2.44. The predicted octanol–water partition coefficient (Wildman–Crippen LogP) is 2.97. The normalized spacial score (nSPS) is 21.6. The first-order chi connectivity index (χ1) is 12.2. The number of hydrogen-bond acceptors (Lipinski definition) is 4. The van der Waals surface area contributed by atoms with Crippen molar-refractivity contribution in [3.63, 3.8) is 0 Å². The van der Waals surface area contributed by atoms with Gasteiger partial charge in [-0.15, -0.1) is 24.8 Å². The Hall–Kier alpha value is -1.01. The highest BCUT2D eigenvalue weighted by Crippen LogP contribution is 2.33. The third-order valence-corrected chi connectivity index (χ3v) is 5.82. The third kappa shape index (κ3) is 5.50. The smallest absolute Gasteiger partial charge is 0.231 e. The molecule has 1 unspecified atom stereocenters. The summed E-state index contributed by atoms with van der Waals surface area (Å²) >= 11 is 0. The van der Waals surface area contributed by atoms with Gasteiger partial charge in [0.05, 0.1) is 12.0 Å². The fraction of sp³-hybridized carbons (Fsp3) is 0.650. The number of halogens is 2. The van der Waals surface area contributed by atoms with E-state index in [0.717, 1.165) is 51.9 Å². The number of carbonyl (C=O) groups is 1. The molecule has 0 aromatic heterocycles. The molecule has 0 aliphatic carbocycles. The van der Waals surface area contributed by atoms with Gasteiger partial charge in [-0.05, 0) is 50.9 Å². The highest BCUT2D eigenvalue weighted by Gasteiger charge is 2.43. The Morgan fingerprint density at radius 1 is 1.26 bits per heavy atom. The molecule has 154 valence electrons. The van der Waals surface area contributed by atoms with Gasteiger partial charge in [-0.3, -0.25) is 4.79 Å². The summed E-state index contributed by atoms with van der Waals surface area (Å²) in [4.78, 5) is 17.8. The number of piperidine rings is 2. The largest absolute Gasteiger partial charge is 0.384 e. The lowest BCUT2D eigenvalue weighted by Crippen LogP contribution is -2.56. The van der Waals surface area contributed by atoms with Gasteiger partial charge in [0.25, 0.3) is 0 Å². The summed E-state index contributed by atoms with van der Waals surface area (Å²) in [5, 5.41) is 3.37. The molecule has 1 aromatic carbocycles. The molecule has 2 saturated heterocycles. The van der Waals surface area contributed by atoms with E-state index >= 15 is 0 Å². The van der Waals surface area contributed by atoms with Crippen molar-refractivity contribution >= 4 is 36.4 Å². The molecule has 2 fully saturated rings. The summed E-state index contributed by atoms with van der Waals surface area (Å²) in [6, 6.07) is 10.8. The molecule has 0 radical (unpaired) electrons. The molecule has 2 aliphatic heterocycles. The van der Waals surface area contributed by atoms with Crippen molar-refractivity contribution in [2.45, 2.75) is 31.7 Å². The van der Waals surface area contributed by atoms with Crippen LogP contribution in [-0.2, 0) is 9.53 Å². The number of nitrogens with one attached hydrogen (secondary N) is 1. The van der Waals surface area contributed by atoms with Crippen LogP contribution in [0, 0.1) is 5.41 Å². The zero-order chi connectivity index (χ0) is 17.7. The molecule has 2 heterocycles. The summed E-state index contributed by atoms with van der Waals surface area (Å²) in [6.45, 7) is 4.28. The van der Waals surface area contributed by atoms with E-state index in [4.69, 9.17) is 4.74 Å². The van der Waals surface area contributed by atoms with Crippen molar-refractivity contribution in [2.24, 2.45) is 5.41 Å². The highest BCUT2D eigenvalue weighted by atomic mass is 35.5. The number of rotatable bonds is 5. The molecule has 1 N–H and O–H groups in total. The first-order valence-electron chi connectivity index (χ1n) is 9.43. The number of benzene rings is 1. The molecule has 0 spiro atoms. The van der Waals surface area contributed by atoms with E-state index in [1.165, 1.54) is 5.69 Å². The molecule has 1 amide bonds. The minimum Gasteiger partial charge on any atom is -0.384 e. The van der Waals surface area contributed by atoms with Gasteiger partial charge in [-0.25, -0.2) is 0 Å². The Bertz CT molecular complexity index is 562. The second-order valence-corrected chi connectivity index (χ2v) is 7.46. The van der Waals surface area contributed by atoms with Gasteiger partial charge in [0.2, 0.25) is 5.91 Å². The van der Waals surface area contributed by atoms with Crippen molar-refractivity contribution in [1.29, 1.82) is 0 Å². The number of anilines is 1. The predicted molar refractivity (Wildman–Crippen MR) is 115 cm³/mol. The van der Waals surface area contributed by atoms with Crippen LogP contribution in [0.4, 0.5) is 5.69 Å². The number of methoxy groups -OCH3 is 1. The molecule has 7 heteroatoms. The maximum Gasteiger partial charge on any atom is 0.231 e. The second-order valence-electron chi connectivity index (χ2n) is 7.46. The molecule has 5 nitrogen and oxygen atoms in total. The Morgan fingerprint density at radius 2 is 1.93 bits per heavy atom. The minimum absolute atomic E-state index is 0. The van der Waals surface area contributed by atoms with Crippen molar-refractivity contribution in [2.75, 3.05) is 51.8 Å². The van der Waals surface area contributed by atoms with Gasteiger partial charge < -0.3 is 19.9 Å². The zero-order valence-corrected chi connectivity index (χ0v) is 18.0. The molecule has 1 aromatic rings. The first-order valence-corrected chi connectivity index (χ1v) is 9.43. The number of likely N-dealkylation sites (N-methyl/N-ethyl adjacent to an activating group) is 1. The SMILES string of the molecule is COCC1(C(=O)N(C)C2CCCN(c3ccccc3)C2)CCNCC1.Cl.Cl. The number of carbonyl (C=O) groups excluding carboxylic acids is 1. The molecular formula is C20H33Cl2N3O2. The van der Waals surface area contributed by atoms with Crippen LogP contribution in [0.1, 0.15) is 25.7 Å². The molecule has 27 heavy (non-hydrogen) atoms. The quantitative estimate of drug-likeness (QED) is 0.799. The number of ether oxygens (including phenoxy) is 1. The number of amides is 1. The van der Waals surface area contributed by atoms with E-state index in [2.05, 4.69) is 34.5 Å². The van der Waals surface area contributed by atoms with Crippen LogP contribution >= 0.6 is 24.8 Å². The molecule has 0 bridgehead atoms. The first kappa shape index (κ1) is 24.0. The molecule has 2 aliphatic rings. The minimum atomic E-state index is -0.357. The average molecular weight is 418 g/mol. The summed E-state index contributed by atoms with van der Waals surface area (Å²) in [5.74, 6) is 0.260. The molecule has 1 atom stereocenters. The second kappa shape index (κ2) is 11.1. The van der Waals surface area contributed by atoms with E-state index in [1.807, 2.05) is 18.0 Å².